The van der Waals surface area contributed by atoms with Gasteiger partial charge in [-0.3, -0.25) is 9.47 Å². The quantitative estimate of drug-likeness (QED) is 0.669. The molecule has 1 aliphatic heterocycles. The van der Waals surface area contributed by atoms with Crippen molar-refractivity contribution >= 4 is 12.2 Å². The number of likely N-dealkylation sites (tertiary alicyclic amines) is 1. The van der Waals surface area contributed by atoms with Crippen LogP contribution in [0.4, 0.5) is 0 Å². The third-order valence-corrected chi connectivity index (χ3v) is 5.49. The lowest BCUT2D eigenvalue weighted by atomic mass is 10.1. The molecule has 2 aromatic carbocycles. The van der Waals surface area contributed by atoms with Gasteiger partial charge in [-0.2, -0.15) is 0 Å². The third-order valence-electron chi connectivity index (χ3n) is 5.09. The van der Waals surface area contributed by atoms with E-state index in [1.165, 1.54) is 0 Å². The molecule has 0 amide bonds. The van der Waals surface area contributed by atoms with E-state index < -0.39 is 0 Å². The van der Waals surface area contributed by atoms with Crippen LogP contribution in [-0.2, 0) is 6.67 Å². The Kier molecular flexibility index (Phi) is 5.57. The van der Waals surface area contributed by atoms with Gasteiger partial charge in [-0.05, 0) is 61.5 Å². The van der Waals surface area contributed by atoms with Crippen LogP contribution in [0.25, 0.3) is 17.1 Å². The van der Waals surface area contributed by atoms with E-state index in [1.54, 1.807) is 7.11 Å². The Morgan fingerprint density at radius 3 is 2.39 bits per heavy atom. The van der Waals surface area contributed by atoms with E-state index in [2.05, 4.69) is 4.90 Å². The van der Waals surface area contributed by atoms with Crippen molar-refractivity contribution in [3.63, 3.8) is 0 Å². The summed E-state index contributed by atoms with van der Waals surface area (Å²) in [6, 6.07) is 17.9. The molecule has 2 heterocycles. The van der Waals surface area contributed by atoms with Gasteiger partial charge in [0.15, 0.2) is 5.82 Å². The summed E-state index contributed by atoms with van der Waals surface area (Å²) in [5, 5.41) is 14.6. The summed E-state index contributed by atoms with van der Waals surface area (Å²) < 4.78 is 9.82. The second-order valence-electron chi connectivity index (χ2n) is 7.00. The van der Waals surface area contributed by atoms with Crippen LogP contribution >= 0.6 is 12.2 Å². The smallest absolute Gasteiger partial charge is 0.204 e. The third kappa shape index (κ3) is 3.87. The number of rotatable bonds is 5. The van der Waals surface area contributed by atoms with Crippen LogP contribution in [0.1, 0.15) is 12.8 Å². The Bertz CT molecular complexity index is 974. The van der Waals surface area contributed by atoms with Crippen molar-refractivity contribution in [2.24, 2.45) is 0 Å². The average Bonchev–Trinajstić information content (AvgIpc) is 3.06. The molecule has 0 spiro atoms. The molecule has 3 aromatic rings. The van der Waals surface area contributed by atoms with Crippen LogP contribution in [0, 0.1) is 4.77 Å². The fourth-order valence-corrected chi connectivity index (χ4v) is 3.78. The maximum absolute atomic E-state index is 9.75. The van der Waals surface area contributed by atoms with Crippen molar-refractivity contribution in [1.29, 1.82) is 0 Å². The first-order valence-corrected chi connectivity index (χ1v) is 9.86. The largest absolute Gasteiger partial charge is 0.497 e. The number of ether oxygens (including phenoxy) is 1. The van der Waals surface area contributed by atoms with E-state index in [0.29, 0.717) is 11.4 Å². The van der Waals surface area contributed by atoms with Crippen molar-refractivity contribution in [3.05, 3.63) is 59.4 Å². The predicted octanol–water partition coefficient (Wildman–Crippen LogP) is 3.49. The van der Waals surface area contributed by atoms with Gasteiger partial charge in [0, 0.05) is 24.3 Å². The molecule has 1 saturated heterocycles. The molecule has 28 heavy (non-hydrogen) atoms. The van der Waals surface area contributed by atoms with Gasteiger partial charge in [0.05, 0.1) is 19.9 Å². The zero-order valence-corrected chi connectivity index (χ0v) is 16.7. The fraction of sp³-hybridized carbons (Fsp3) is 0.333. The van der Waals surface area contributed by atoms with E-state index in [9.17, 15) is 5.11 Å². The van der Waals surface area contributed by atoms with Crippen molar-refractivity contribution < 1.29 is 9.84 Å². The van der Waals surface area contributed by atoms with Gasteiger partial charge in [-0.15, -0.1) is 5.10 Å². The molecule has 6 nitrogen and oxygen atoms in total. The Hall–Kier alpha value is -2.48. The van der Waals surface area contributed by atoms with Gasteiger partial charge in [0.25, 0.3) is 0 Å². The number of para-hydroxylation sites is 1. The van der Waals surface area contributed by atoms with Crippen LogP contribution < -0.4 is 4.74 Å². The molecule has 0 atom stereocenters. The zero-order valence-electron chi connectivity index (χ0n) is 15.9. The first-order chi connectivity index (χ1) is 13.7. The lowest BCUT2D eigenvalue weighted by Gasteiger charge is -2.28. The standard InChI is InChI=1S/C21H24N4O2S/c1-27-19-9-7-16(8-10-19)20-22-24(15-23-13-11-18(26)12-14-23)21(28)25(20)17-5-3-2-4-6-17/h2-10,18,26H,11-15H2,1H3. The number of aromatic nitrogens is 3. The molecule has 0 radical (unpaired) electrons. The highest BCUT2D eigenvalue weighted by Gasteiger charge is 2.20. The molecule has 0 unspecified atom stereocenters. The molecule has 0 aliphatic carbocycles. The highest BCUT2D eigenvalue weighted by molar-refractivity contribution is 7.71. The van der Waals surface area contributed by atoms with Gasteiger partial charge in [0.1, 0.15) is 5.75 Å². The van der Waals surface area contributed by atoms with E-state index in [4.69, 9.17) is 22.1 Å². The molecular weight excluding hydrogens is 372 g/mol. The van der Waals surface area contributed by atoms with E-state index in [-0.39, 0.29) is 6.10 Å². The first kappa shape index (κ1) is 18.9. The molecular formula is C21H24N4O2S. The normalized spacial score (nSPS) is 15.6. The predicted molar refractivity (Wildman–Crippen MR) is 111 cm³/mol. The molecule has 1 aliphatic rings. The summed E-state index contributed by atoms with van der Waals surface area (Å²) in [6.45, 7) is 2.31. The minimum Gasteiger partial charge on any atom is -0.497 e. The Balaban J connectivity index is 1.74. The van der Waals surface area contributed by atoms with Crippen LogP contribution in [0.15, 0.2) is 54.6 Å². The number of nitrogens with zero attached hydrogens (tertiary/aromatic N) is 4. The molecule has 4 rings (SSSR count). The maximum atomic E-state index is 9.75. The minimum absolute atomic E-state index is 0.194. The molecule has 146 valence electrons. The summed E-state index contributed by atoms with van der Waals surface area (Å²) in [6.07, 6.45) is 1.39. The Morgan fingerprint density at radius 1 is 1.07 bits per heavy atom. The first-order valence-electron chi connectivity index (χ1n) is 9.46. The molecule has 1 aromatic heterocycles. The number of hydrogen-bond donors (Lipinski definition) is 1. The van der Waals surface area contributed by atoms with Crippen molar-refractivity contribution in [2.75, 3.05) is 20.2 Å². The Morgan fingerprint density at radius 2 is 1.75 bits per heavy atom. The summed E-state index contributed by atoms with van der Waals surface area (Å²) in [7, 11) is 1.66. The van der Waals surface area contributed by atoms with Gasteiger partial charge in [-0.1, -0.05) is 18.2 Å². The number of aliphatic hydroxyl groups is 1. The van der Waals surface area contributed by atoms with Crippen molar-refractivity contribution in [3.8, 4) is 22.8 Å². The minimum atomic E-state index is -0.194. The van der Waals surface area contributed by atoms with Crippen LogP contribution in [0.3, 0.4) is 0 Å². The van der Waals surface area contributed by atoms with Crippen LogP contribution in [-0.4, -0.2) is 50.7 Å². The van der Waals surface area contributed by atoms with E-state index in [1.807, 2.05) is 63.8 Å². The highest BCUT2D eigenvalue weighted by Crippen LogP contribution is 2.25. The molecule has 7 heteroatoms. The lowest BCUT2D eigenvalue weighted by Crippen LogP contribution is -2.37. The highest BCUT2D eigenvalue weighted by atomic mass is 32.1. The Labute approximate surface area is 169 Å². The summed E-state index contributed by atoms with van der Waals surface area (Å²) in [4.78, 5) is 2.28. The summed E-state index contributed by atoms with van der Waals surface area (Å²) in [5.41, 5.74) is 1.96. The number of benzene rings is 2. The molecule has 1 fully saturated rings. The van der Waals surface area contributed by atoms with E-state index in [0.717, 1.165) is 48.8 Å². The van der Waals surface area contributed by atoms with E-state index >= 15 is 0 Å². The monoisotopic (exact) mass is 396 g/mol. The van der Waals surface area contributed by atoms with Gasteiger partial charge in [0.2, 0.25) is 4.77 Å². The van der Waals surface area contributed by atoms with Crippen LogP contribution in [0.2, 0.25) is 0 Å². The van der Waals surface area contributed by atoms with Crippen molar-refractivity contribution in [1.82, 2.24) is 19.2 Å². The summed E-state index contributed by atoms with van der Waals surface area (Å²) in [5.74, 6) is 1.61. The average molecular weight is 397 g/mol. The number of aliphatic hydroxyl groups excluding tert-OH is 1. The number of hydrogen-bond acceptors (Lipinski definition) is 5. The summed E-state index contributed by atoms with van der Waals surface area (Å²) >= 11 is 5.80. The maximum Gasteiger partial charge on any atom is 0.204 e. The second-order valence-corrected chi connectivity index (χ2v) is 7.36. The number of piperidine rings is 1. The van der Waals surface area contributed by atoms with Gasteiger partial charge < -0.3 is 9.84 Å². The van der Waals surface area contributed by atoms with Crippen LogP contribution in [0.5, 0.6) is 5.75 Å². The van der Waals surface area contributed by atoms with Gasteiger partial charge >= 0.3 is 0 Å². The zero-order chi connectivity index (χ0) is 19.5. The fourth-order valence-electron chi connectivity index (χ4n) is 3.49. The van der Waals surface area contributed by atoms with Crippen molar-refractivity contribution in [2.45, 2.75) is 25.6 Å². The number of methoxy groups -OCH3 is 1. The lowest BCUT2D eigenvalue weighted by molar-refractivity contribution is 0.0651. The second kappa shape index (κ2) is 8.26. The SMILES string of the molecule is COc1ccc(-c2nn(CN3CCC(O)CC3)c(=S)n2-c2ccccc2)cc1. The van der Waals surface area contributed by atoms with Gasteiger partial charge in [-0.25, -0.2) is 4.68 Å². The molecule has 0 saturated carbocycles. The molecule has 0 bridgehead atoms. The topological polar surface area (TPSA) is 55.4 Å². The molecule has 1 N–H and O–H groups in total.